The Balaban J connectivity index is 1.41. The number of nitrogens with one attached hydrogen (secondary N) is 3. The number of alkyl halides is 3. The quantitative estimate of drug-likeness (QED) is 0.0581. The van der Waals surface area contributed by atoms with Crippen LogP contribution in [0.25, 0.3) is 6.08 Å². The highest BCUT2D eigenvalue weighted by atomic mass is 32.2. The molecule has 7 nitrogen and oxygen atoms in total. The highest BCUT2D eigenvalue weighted by Gasteiger charge is 2.43. The van der Waals surface area contributed by atoms with Gasteiger partial charge in [-0.05, 0) is 53.6 Å². The molecule has 1 heterocycles. The van der Waals surface area contributed by atoms with Crippen LogP contribution in [0.2, 0.25) is 0 Å². The number of carbonyl (C=O) groups is 3. The number of rotatable bonds is 10. The van der Waals surface area contributed by atoms with Gasteiger partial charge in [-0.2, -0.15) is 13.2 Å². The van der Waals surface area contributed by atoms with E-state index in [2.05, 4.69) is 15.6 Å². The van der Waals surface area contributed by atoms with Gasteiger partial charge in [0.05, 0.1) is 0 Å². The lowest BCUT2D eigenvalue weighted by Crippen LogP contribution is -2.30. The molecule has 0 aliphatic carbocycles. The maximum atomic E-state index is 14.7. The summed E-state index contributed by atoms with van der Waals surface area (Å²) in [5.74, 6) is -12.9. The second-order valence-corrected chi connectivity index (χ2v) is 11.7. The second-order valence-electron chi connectivity index (χ2n) is 10.5. The normalized spacial score (nSPS) is 12.2. The van der Waals surface area contributed by atoms with Crippen molar-refractivity contribution in [1.82, 2.24) is 10.3 Å². The van der Waals surface area contributed by atoms with Crippen LogP contribution >= 0.6 is 11.8 Å². The smallest absolute Gasteiger partial charge is 0.321 e. The summed E-state index contributed by atoms with van der Waals surface area (Å²) in [4.78, 5) is 44.1. The molecule has 51 heavy (non-hydrogen) atoms. The minimum absolute atomic E-state index is 0.142. The van der Waals surface area contributed by atoms with E-state index in [1.165, 1.54) is 67.0 Å². The van der Waals surface area contributed by atoms with Gasteiger partial charge in [-0.3, -0.25) is 19.4 Å². The molecule has 1 atom stereocenters. The zero-order chi connectivity index (χ0) is 36.7. The van der Waals surface area contributed by atoms with Crippen molar-refractivity contribution >= 4 is 46.9 Å². The molecule has 0 radical (unpaired) electrons. The number of pyridine rings is 1. The van der Waals surface area contributed by atoms with Crippen molar-refractivity contribution in [3.8, 4) is 0 Å². The molecule has 260 valence electrons. The maximum Gasteiger partial charge on any atom is 0.422 e. The number of nitrogens with zero attached hydrogens (tertiary/aromatic N) is 1. The summed E-state index contributed by atoms with van der Waals surface area (Å²) >= 11 is 0.789. The van der Waals surface area contributed by atoms with Crippen molar-refractivity contribution < 1.29 is 45.1 Å². The van der Waals surface area contributed by atoms with Gasteiger partial charge in [0.1, 0.15) is 22.2 Å². The SMILES string of the molecule is O=C(Nc1cccc(SC(C(=O)Nc2c(F)c(F)c(C(F)(F)F)c(F)c2F)c2ccccc2)c1)/C(=C/c1cccnc1)NC(=O)c1ccccc1. The first-order chi connectivity index (χ1) is 24.3. The molecule has 1 aromatic heterocycles. The third kappa shape index (κ3) is 8.80. The van der Waals surface area contributed by atoms with Crippen LogP contribution < -0.4 is 16.0 Å². The summed E-state index contributed by atoms with van der Waals surface area (Å²) in [6.07, 6.45) is -1.36. The minimum atomic E-state index is -5.76. The number of benzene rings is 4. The van der Waals surface area contributed by atoms with Gasteiger partial charge in [0.15, 0.2) is 23.3 Å². The van der Waals surface area contributed by atoms with E-state index in [0.717, 1.165) is 11.8 Å². The molecule has 0 aliphatic heterocycles. The average molecular weight is 725 g/mol. The highest BCUT2D eigenvalue weighted by Crippen LogP contribution is 2.41. The molecule has 15 heteroatoms. The molecule has 3 N–H and O–H groups in total. The monoisotopic (exact) mass is 724 g/mol. The molecule has 0 saturated heterocycles. The van der Waals surface area contributed by atoms with E-state index in [4.69, 9.17) is 0 Å². The number of hydrogen-bond acceptors (Lipinski definition) is 5. The van der Waals surface area contributed by atoms with Gasteiger partial charge in [-0.1, -0.05) is 60.7 Å². The molecule has 3 amide bonds. The molecule has 0 bridgehead atoms. The first-order valence-corrected chi connectivity index (χ1v) is 15.6. The Bertz CT molecular complexity index is 2070. The number of anilines is 2. The van der Waals surface area contributed by atoms with Gasteiger partial charge in [0, 0.05) is 28.5 Å². The molecule has 0 saturated carbocycles. The largest absolute Gasteiger partial charge is 0.422 e. The number of hydrogen-bond donors (Lipinski definition) is 3. The lowest BCUT2D eigenvalue weighted by Gasteiger charge is -2.19. The van der Waals surface area contributed by atoms with Crippen LogP contribution in [0.3, 0.4) is 0 Å². The zero-order valence-corrected chi connectivity index (χ0v) is 26.6. The Hall–Kier alpha value is -5.96. The molecule has 0 fully saturated rings. The first-order valence-electron chi connectivity index (χ1n) is 14.7. The summed E-state index contributed by atoms with van der Waals surface area (Å²) in [5.41, 5.74) is -3.44. The first kappa shape index (κ1) is 36.3. The third-order valence-electron chi connectivity index (χ3n) is 7.01. The van der Waals surface area contributed by atoms with E-state index in [0.29, 0.717) is 10.5 Å². The lowest BCUT2D eigenvalue weighted by molar-refractivity contribution is -0.143. The predicted molar refractivity (Wildman–Crippen MR) is 176 cm³/mol. The molecular formula is C36H23F7N4O3S. The van der Waals surface area contributed by atoms with Gasteiger partial charge in [0.25, 0.3) is 11.8 Å². The van der Waals surface area contributed by atoms with Gasteiger partial charge in [-0.25, -0.2) is 17.6 Å². The van der Waals surface area contributed by atoms with Crippen LogP contribution in [0, 0.1) is 23.3 Å². The maximum absolute atomic E-state index is 14.7. The Morgan fingerprint density at radius 2 is 1.39 bits per heavy atom. The van der Waals surface area contributed by atoms with Crippen LogP contribution in [-0.4, -0.2) is 22.7 Å². The van der Waals surface area contributed by atoms with Gasteiger partial charge >= 0.3 is 6.18 Å². The Labute approximate surface area is 289 Å². The van der Waals surface area contributed by atoms with Crippen molar-refractivity contribution in [2.24, 2.45) is 0 Å². The molecule has 5 aromatic rings. The van der Waals surface area contributed by atoms with E-state index in [1.54, 1.807) is 53.8 Å². The Morgan fingerprint density at radius 1 is 0.745 bits per heavy atom. The van der Waals surface area contributed by atoms with Gasteiger partial charge in [-0.15, -0.1) is 11.8 Å². The molecule has 5 rings (SSSR count). The third-order valence-corrected chi connectivity index (χ3v) is 8.25. The van der Waals surface area contributed by atoms with Gasteiger partial charge in [0.2, 0.25) is 5.91 Å². The van der Waals surface area contributed by atoms with E-state index >= 15 is 0 Å². The zero-order valence-electron chi connectivity index (χ0n) is 25.8. The van der Waals surface area contributed by atoms with Crippen LogP contribution in [0.4, 0.5) is 42.1 Å². The second kappa shape index (κ2) is 15.7. The predicted octanol–water partition coefficient (Wildman–Crippen LogP) is 8.54. The number of thioether (sulfide) groups is 1. The fourth-order valence-electron chi connectivity index (χ4n) is 4.63. The Kier molecular flexibility index (Phi) is 11.2. The topological polar surface area (TPSA) is 100 Å². The molecule has 0 spiro atoms. The van der Waals surface area contributed by atoms with E-state index in [-0.39, 0.29) is 22.5 Å². The number of halogens is 7. The number of amides is 3. The van der Waals surface area contributed by atoms with E-state index in [9.17, 15) is 45.1 Å². The van der Waals surface area contributed by atoms with Crippen LogP contribution in [0.5, 0.6) is 0 Å². The molecular weight excluding hydrogens is 701 g/mol. The molecule has 4 aromatic carbocycles. The van der Waals surface area contributed by atoms with Crippen molar-refractivity contribution in [3.63, 3.8) is 0 Å². The van der Waals surface area contributed by atoms with Crippen molar-refractivity contribution in [1.29, 1.82) is 0 Å². The summed E-state index contributed by atoms with van der Waals surface area (Å²) in [7, 11) is 0. The number of aromatic nitrogens is 1. The van der Waals surface area contributed by atoms with E-state index in [1.807, 2.05) is 0 Å². The molecule has 0 aliphatic rings. The minimum Gasteiger partial charge on any atom is -0.321 e. The highest BCUT2D eigenvalue weighted by molar-refractivity contribution is 8.00. The number of carbonyl (C=O) groups excluding carboxylic acids is 3. The lowest BCUT2D eigenvalue weighted by atomic mass is 10.1. The summed E-state index contributed by atoms with van der Waals surface area (Å²) < 4.78 is 97.1. The summed E-state index contributed by atoms with van der Waals surface area (Å²) in [5, 5.41) is 5.56. The standard InChI is InChI=1S/C36H23F7N4O3S/c37-27-26(36(41,42)43)28(38)30(40)31(29(27)39)47-35(50)32(21-10-3-1-4-11-21)51-24-15-7-14-23(18-24)45-34(49)25(17-20-9-8-16-44-19-20)46-33(48)22-12-5-2-6-13-22/h1-19,32H,(H,45,49)(H,46,48)(H,47,50)/b25-17-. The van der Waals surface area contributed by atoms with Gasteiger partial charge < -0.3 is 16.0 Å². The van der Waals surface area contributed by atoms with Crippen LogP contribution in [0.15, 0.2) is 120 Å². The van der Waals surface area contributed by atoms with E-state index < -0.39 is 63.7 Å². The van der Waals surface area contributed by atoms with Crippen LogP contribution in [-0.2, 0) is 15.8 Å². The molecule has 1 unspecified atom stereocenters. The fraction of sp³-hybridized carbons (Fsp3) is 0.0556. The Morgan fingerprint density at radius 3 is 2.00 bits per heavy atom. The van der Waals surface area contributed by atoms with Crippen LogP contribution in [0.1, 0.15) is 32.3 Å². The summed E-state index contributed by atoms with van der Waals surface area (Å²) in [6.45, 7) is 0. The van der Waals surface area contributed by atoms with Crippen molar-refractivity contribution in [3.05, 3.63) is 161 Å². The summed E-state index contributed by atoms with van der Waals surface area (Å²) in [6, 6.07) is 25.0. The van der Waals surface area contributed by atoms with Crippen molar-refractivity contribution in [2.75, 3.05) is 10.6 Å². The average Bonchev–Trinajstić information content (AvgIpc) is 3.12. The van der Waals surface area contributed by atoms with Crippen molar-refractivity contribution in [2.45, 2.75) is 16.3 Å². The fourth-order valence-corrected chi connectivity index (χ4v) is 5.72.